The number of carbonyl (C=O) groups is 1. The summed E-state index contributed by atoms with van der Waals surface area (Å²) in [5, 5.41) is 3.31. The minimum atomic E-state index is 0. The lowest BCUT2D eigenvalue weighted by Crippen LogP contribution is -2.42. The van der Waals surface area contributed by atoms with Crippen LogP contribution < -0.4 is 5.32 Å². The summed E-state index contributed by atoms with van der Waals surface area (Å²) >= 11 is 0. The molecule has 1 saturated carbocycles. The molecule has 2 heterocycles. The smallest absolute Gasteiger partial charge is 0.239 e. The number of nitrogens with zero attached hydrogens (tertiary/aromatic N) is 1. The highest BCUT2D eigenvalue weighted by Crippen LogP contribution is 2.38. The molecule has 92 valence electrons. The van der Waals surface area contributed by atoms with Crippen molar-refractivity contribution in [1.82, 2.24) is 10.2 Å². The van der Waals surface area contributed by atoms with Crippen LogP contribution in [0.3, 0.4) is 0 Å². The second-order valence-electron chi connectivity index (χ2n) is 5.34. The molecule has 0 aromatic carbocycles. The van der Waals surface area contributed by atoms with Gasteiger partial charge in [-0.15, -0.1) is 12.4 Å². The molecular weight excluding hydrogens is 224 g/mol. The van der Waals surface area contributed by atoms with Gasteiger partial charge in [-0.1, -0.05) is 6.42 Å². The summed E-state index contributed by atoms with van der Waals surface area (Å²) in [5.41, 5.74) is 0. The molecule has 1 aliphatic carbocycles. The largest absolute Gasteiger partial charge is 0.341 e. The average molecular weight is 245 g/mol. The van der Waals surface area contributed by atoms with Crippen molar-refractivity contribution in [3.05, 3.63) is 0 Å². The average Bonchev–Trinajstić information content (AvgIpc) is 2.92. The first kappa shape index (κ1) is 12.2. The van der Waals surface area contributed by atoms with Gasteiger partial charge in [0.25, 0.3) is 0 Å². The van der Waals surface area contributed by atoms with E-state index >= 15 is 0 Å². The molecule has 0 aromatic heterocycles. The Balaban J connectivity index is 0.000000963. The van der Waals surface area contributed by atoms with Gasteiger partial charge in [0.05, 0.1) is 6.04 Å². The molecule has 4 heteroatoms. The van der Waals surface area contributed by atoms with Gasteiger partial charge >= 0.3 is 0 Å². The maximum absolute atomic E-state index is 12.1. The molecule has 1 N–H and O–H groups in total. The predicted octanol–water partition coefficient (Wildman–Crippen LogP) is 1.42. The molecule has 16 heavy (non-hydrogen) atoms. The summed E-state index contributed by atoms with van der Waals surface area (Å²) in [6, 6.07) is 0.142. The zero-order valence-corrected chi connectivity index (χ0v) is 10.5. The van der Waals surface area contributed by atoms with Gasteiger partial charge in [0, 0.05) is 13.1 Å². The van der Waals surface area contributed by atoms with Crippen molar-refractivity contribution in [3.8, 4) is 0 Å². The van der Waals surface area contributed by atoms with Gasteiger partial charge in [-0.05, 0) is 44.1 Å². The lowest BCUT2D eigenvalue weighted by Gasteiger charge is -2.21. The number of nitrogens with one attached hydrogen (secondary N) is 1. The van der Waals surface area contributed by atoms with Crippen LogP contribution in [0.1, 0.15) is 32.1 Å². The number of hydrogen-bond donors (Lipinski definition) is 1. The minimum Gasteiger partial charge on any atom is -0.341 e. The molecule has 1 amide bonds. The summed E-state index contributed by atoms with van der Waals surface area (Å²) in [6.07, 6.45) is 6.31. The van der Waals surface area contributed by atoms with E-state index in [1.165, 1.54) is 19.3 Å². The number of halogens is 1. The fourth-order valence-corrected chi connectivity index (χ4v) is 3.53. The van der Waals surface area contributed by atoms with Crippen LogP contribution in [0.5, 0.6) is 0 Å². The Bertz CT molecular complexity index is 254. The molecule has 3 nitrogen and oxygen atoms in total. The van der Waals surface area contributed by atoms with Crippen molar-refractivity contribution in [2.45, 2.75) is 38.1 Å². The number of fused-ring (bicyclic) bond motifs is 1. The molecule has 2 saturated heterocycles. The highest BCUT2D eigenvalue weighted by molar-refractivity contribution is 5.85. The summed E-state index contributed by atoms with van der Waals surface area (Å²) in [5.74, 6) is 2.03. The fraction of sp³-hybridized carbons (Fsp3) is 0.917. The first-order valence-corrected chi connectivity index (χ1v) is 6.37. The zero-order valence-electron chi connectivity index (χ0n) is 9.65. The van der Waals surface area contributed by atoms with Crippen molar-refractivity contribution in [3.63, 3.8) is 0 Å². The van der Waals surface area contributed by atoms with Crippen LogP contribution >= 0.6 is 12.4 Å². The third-order valence-corrected chi connectivity index (χ3v) is 4.40. The topological polar surface area (TPSA) is 32.3 Å². The van der Waals surface area contributed by atoms with E-state index in [9.17, 15) is 4.79 Å². The van der Waals surface area contributed by atoms with E-state index in [4.69, 9.17) is 0 Å². The Morgan fingerprint density at radius 3 is 2.31 bits per heavy atom. The summed E-state index contributed by atoms with van der Waals surface area (Å²) < 4.78 is 0. The van der Waals surface area contributed by atoms with Crippen LogP contribution in [0.2, 0.25) is 0 Å². The van der Waals surface area contributed by atoms with Crippen LogP contribution in [0.25, 0.3) is 0 Å². The normalized spacial score (nSPS) is 37.2. The SMILES string of the molecule is Cl.O=C(C1CCCN1)N1CC2CCCC2C1. The minimum absolute atomic E-state index is 0. The predicted molar refractivity (Wildman–Crippen MR) is 65.7 cm³/mol. The van der Waals surface area contributed by atoms with Crippen molar-refractivity contribution in [2.75, 3.05) is 19.6 Å². The van der Waals surface area contributed by atoms with Crippen LogP contribution in [0, 0.1) is 11.8 Å². The van der Waals surface area contributed by atoms with Gasteiger partial charge in [0.1, 0.15) is 0 Å². The molecule has 3 unspecified atom stereocenters. The first-order chi connectivity index (χ1) is 7.34. The number of amides is 1. The molecule has 0 bridgehead atoms. The molecule has 3 rings (SSSR count). The summed E-state index contributed by atoms with van der Waals surface area (Å²) in [7, 11) is 0. The monoisotopic (exact) mass is 244 g/mol. The Morgan fingerprint density at radius 1 is 1.06 bits per heavy atom. The van der Waals surface area contributed by atoms with E-state index in [0.717, 1.165) is 44.3 Å². The van der Waals surface area contributed by atoms with E-state index in [1.54, 1.807) is 0 Å². The fourth-order valence-electron chi connectivity index (χ4n) is 3.53. The number of rotatable bonds is 1. The molecule has 0 radical (unpaired) electrons. The third kappa shape index (κ3) is 2.07. The van der Waals surface area contributed by atoms with Gasteiger partial charge in [-0.2, -0.15) is 0 Å². The first-order valence-electron chi connectivity index (χ1n) is 6.37. The van der Waals surface area contributed by atoms with Crippen LogP contribution in [-0.4, -0.2) is 36.5 Å². The zero-order chi connectivity index (χ0) is 10.3. The highest BCUT2D eigenvalue weighted by atomic mass is 35.5. The Labute approximate surface area is 103 Å². The maximum Gasteiger partial charge on any atom is 0.239 e. The van der Waals surface area contributed by atoms with Crippen LogP contribution in [0.15, 0.2) is 0 Å². The van der Waals surface area contributed by atoms with Crippen LogP contribution in [-0.2, 0) is 4.79 Å². The van der Waals surface area contributed by atoms with Gasteiger partial charge in [0.15, 0.2) is 0 Å². The number of carbonyl (C=O) groups excluding carboxylic acids is 1. The quantitative estimate of drug-likeness (QED) is 0.757. The van der Waals surface area contributed by atoms with Gasteiger partial charge in [-0.25, -0.2) is 0 Å². The van der Waals surface area contributed by atoms with Gasteiger partial charge in [-0.3, -0.25) is 4.79 Å². The Hall–Kier alpha value is -0.280. The van der Waals surface area contributed by atoms with Crippen molar-refractivity contribution in [1.29, 1.82) is 0 Å². The summed E-state index contributed by atoms with van der Waals surface area (Å²) in [6.45, 7) is 3.11. The molecule has 3 fully saturated rings. The summed E-state index contributed by atoms with van der Waals surface area (Å²) in [4.78, 5) is 14.3. The van der Waals surface area contributed by atoms with Gasteiger partial charge < -0.3 is 10.2 Å². The number of hydrogen-bond acceptors (Lipinski definition) is 2. The van der Waals surface area contributed by atoms with Crippen molar-refractivity contribution in [2.24, 2.45) is 11.8 Å². The van der Waals surface area contributed by atoms with Gasteiger partial charge in [0.2, 0.25) is 5.91 Å². The Kier molecular flexibility index (Phi) is 3.75. The molecule has 3 atom stereocenters. The lowest BCUT2D eigenvalue weighted by atomic mass is 10.0. The van der Waals surface area contributed by atoms with Crippen molar-refractivity contribution < 1.29 is 4.79 Å². The molecule has 2 aliphatic heterocycles. The van der Waals surface area contributed by atoms with E-state index in [-0.39, 0.29) is 18.4 Å². The Morgan fingerprint density at radius 2 is 1.75 bits per heavy atom. The molecule has 0 aromatic rings. The van der Waals surface area contributed by atoms with E-state index in [1.807, 2.05) is 0 Å². The molecular formula is C12H21ClN2O. The van der Waals surface area contributed by atoms with E-state index in [2.05, 4.69) is 10.2 Å². The molecule has 3 aliphatic rings. The van der Waals surface area contributed by atoms with Crippen molar-refractivity contribution >= 4 is 18.3 Å². The standard InChI is InChI=1S/C12H20N2O.ClH/c15-12(11-5-2-6-13-11)14-7-9-3-1-4-10(9)8-14;/h9-11,13H,1-8H2;1H. The second kappa shape index (κ2) is 4.92. The third-order valence-electron chi connectivity index (χ3n) is 4.40. The maximum atomic E-state index is 12.1. The van der Waals surface area contributed by atoms with E-state index in [0.29, 0.717) is 5.91 Å². The number of likely N-dealkylation sites (tertiary alicyclic amines) is 1. The van der Waals surface area contributed by atoms with Crippen LogP contribution in [0.4, 0.5) is 0 Å². The van der Waals surface area contributed by atoms with E-state index < -0.39 is 0 Å². The highest BCUT2D eigenvalue weighted by Gasteiger charge is 2.39. The molecule has 0 spiro atoms. The second-order valence-corrected chi connectivity index (χ2v) is 5.34. The lowest BCUT2D eigenvalue weighted by molar-refractivity contribution is -0.132.